The Morgan fingerprint density at radius 1 is 1.15 bits per heavy atom. The lowest BCUT2D eigenvalue weighted by atomic mass is 9.96. The zero-order valence-electron chi connectivity index (χ0n) is 15.6. The zero-order valence-corrected chi connectivity index (χ0v) is 15.6. The van der Waals surface area contributed by atoms with Crippen LogP contribution in [0.5, 0.6) is 0 Å². The molecule has 7 heteroatoms. The Labute approximate surface area is 160 Å². The molecule has 7 nitrogen and oxygen atoms in total. The molecule has 0 aliphatic carbocycles. The Kier molecular flexibility index (Phi) is 6.43. The van der Waals surface area contributed by atoms with Crippen LogP contribution in [-0.2, 0) is 16.1 Å². The number of nitrogens with two attached hydrogens (primary N) is 1. The fourth-order valence-corrected chi connectivity index (χ4v) is 4.00. The van der Waals surface area contributed by atoms with Crippen molar-refractivity contribution < 1.29 is 9.59 Å². The van der Waals surface area contributed by atoms with E-state index in [9.17, 15) is 9.59 Å². The van der Waals surface area contributed by atoms with Crippen LogP contribution in [-0.4, -0.2) is 72.3 Å². The summed E-state index contributed by atoms with van der Waals surface area (Å²) in [6, 6.07) is 9.86. The minimum atomic E-state index is -0.336. The number of piperidine rings is 1. The van der Waals surface area contributed by atoms with E-state index in [-0.39, 0.29) is 24.3 Å². The number of likely N-dealkylation sites (tertiary alicyclic amines) is 1. The first-order valence-electron chi connectivity index (χ1n) is 9.56. The van der Waals surface area contributed by atoms with Gasteiger partial charge in [-0.1, -0.05) is 12.1 Å². The Balaban J connectivity index is 1.49. The summed E-state index contributed by atoms with van der Waals surface area (Å²) in [4.78, 5) is 30.3. The highest BCUT2D eigenvalue weighted by Gasteiger charge is 2.31. The molecule has 0 radical (unpaired) electrons. The van der Waals surface area contributed by atoms with Crippen LogP contribution in [0.4, 0.5) is 0 Å². The van der Waals surface area contributed by atoms with Gasteiger partial charge in [0.15, 0.2) is 0 Å². The van der Waals surface area contributed by atoms with Crippen molar-refractivity contribution in [3.8, 4) is 6.07 Å². The van der Waals surface area contributed by atoms with Crippen LogP contribution >= 0.6 is 0 Å². The highest BCUT2D eigenvalue weighted by Crippen LogP contribution is 2.20. The van der Waals surface area contributed by atoms with E-state index in [1.54, 1.807) is 0 Å². The quantitative estimate of drug-likeness (QED) is 0.811. The monoisotopic (exact) mass is 369 g/mol. The summed E-state index contributed by atoms with van der Waals surface area (Å²) in [6.45, 7) is 5.62. The molecule has 1 atom stereocenters. The van der Waals surface area contributed by atoms with Gasteiger partial charge >= 0.3 is 0 Å². The molecular formula is C20H27N5O2. The summed E-state index contributed by atoms with van der Waals surface area (Å²) >= 11 is 0. The summed E-state index contributed by atoms with van der Waals surface area (Å²) < 4.78 is 0. The van der Waals surface area contributed by atoms with E-state index in [1.165, 1.54) is 0 Å². The van der Waals surface area contributed by atoms with Crippen molar-refractivity contribution in [2.45, 2.75) is 19.4 Å². The average molecular weight is 369 g/mol. The van der Waals surface area contributed by atoms with Gasteiger partial charge in [-0.15, -0.1) is 0 Å². The van der Waals surface area contributed by atoms with Gasteiger partial charge in [0.05, 0.1) is 24.1 Å². The second-order valence-corrected chi connectivity index (χ2v) is 7.45. The number of hydrogen-bond acceptors (Lipinski definition) is 5. The van der Waals surface area contributed by atoms with Gasteiger partial charge in [-0.3, -0.25) is 19.4 Å². The smallest absolute Gasteiger partial charge is 0.231 e. The molecule has 0 saturated carbocycles. The summed E-state index contributed by atoms with van der Waals surface area (Å²) in [7, 11) is 0. The lowest BCUT2D eigenvalue weighted by molar-refractivity contribution is -0.139. The van der Waals surface area contributed by atoms with E-state index in [1.807, 2.05) is 34.1 Å². The van der Waals surface area contributed by atoms with Gasteiger partial charge in [-0.25, -0.2) is 0 Å². The number of amides is 2. The lowest BCUT2D eigenvalue weighted by Crippen LogP contribution is -2.52. The Morgan fingerprint density at radius 3 is 2.63 bits per heavy atom. The molecule has 2 amide bonds. The fraction of sp³-hybridized carbons (Fsp3) is 0.550. The summed E-state index contributed by atoms with van der Waals surface area (Å²) in [6.07, 6.45) is 1.81. The number of hydrogen-bond donors (Lipinski definition) is 1. The van der Waals surface area contributed by atoms with Crippen LogP contribution in [0.1, 0.15) is 24.0 Å². The van der Waals surface area contributed by atoms with E-state index in [4.69, 9.17) is 11.0 Å². The van der Waals surface area contributed by atoms with Crippen molar-refractivity contribution in [2.75, 3.05) is 45.8 Å². The van der Waals surface area contributed by atoms with Crippen molar-refractivity contribution in [3.05, 3.63) is 35.4 Å². The number of piperazine rings is 1. The molecule has 27 heavy (non-hydrogen) atoms. The van der Waals surface area contributed by atoms with E-state index in [0.29, 0.717) is 12.1 Å². The second kappa shape index (κ2) is 8.98. The largest absolute Gasteiger partial charge is 0.369 e. The van der Waals surface area contributed by atoms with Crippen LogP contribution in [0.2, 0.25) is 0 Å². The standard InChI is InChI=1S/C20H27N5O2/c21-12-16-3-1-4-17(11-16)13-23-7-9-25(10-8-23)20(27)18-5-2-6-24(14-18)15-19(22)26/h1,3-4,11,18H,2,5-10,13-15H2,(H2,22,26)/t18-/m0/s1. The molecule has 2 N–H and O–H groups in total. The Bertz CT molecular complexity index is 721. The van der Waals surface area contributed by atoms with Crippen molar-refractivity contribution in [1.82, 2.24) is 14.7 Å². The number of primary amides is 1. The van der Waals surface area contributed by atoms with Gasteiger partial charge in [-0.2, -0.15) is 5.26 Å². The van der Waals surface area contributed by atoms with Crippen LogP contribution in [0.3, 0.4) is 0 Å². The third-order valence-electron chi connectivity index (χ3n) is 5.38. The number of carbonyl (C=O) groups is 2. The van der Waals surface area contributed by atoms with Crippen LogP contribution in [0.15, 0.2) is 24.3 Å². The number of nitriles is 1. The Hall–Kier alpha value is -2.43. The molecule has 144 valence electrons. The molecule has 2 fully saturated rings. The first-order valence-corrected chi connectivity index (χ1v) is 9.56. The summed E-state index contributed by atoms with van der Waals surface area (Å²) in [5.74, 6) is -0.163. The van der Waals surface area contributed by atoms with Gasteiger partial charge in [0.25, 0.3) is 0 Å². The molecule has 0 spiro atoms. The molecule has 2 aliphatic heterocycles. The topological polar surface area (TPSA) is 93.7 Å². The van der Waals surface area contributed by atoms with Gasteiger partial charge in [0.2, 0.25) is 11.8 Å². The minimum absolute atomic E-state index is 0.0306. The first kappa shape index (κ1) is 19.3. The average Bonchev–Trinajstić information content (AvgIpc) is 2.68. The third kappa shape index (κ3) is 5.28. The van der Waals surface area contributed by atoms with E-state index < -0.39 is 0 Å². The highest BCUT2D eigenvalue weighted by atomic mass is 16.2. The zero-order chi connectivity index (χ0) is 19.2. The molecular weight excluding hydrogens is 342 g/mol. The molecule has 1 aromatic rings. The predicted octanol–water partition coefficient (Wildman–Crippen LogP) is 0.400. The lowest BCUT2D eigenvalue weighted by Gasteiger charge is -2.38. The third-order valence-corrected chi connectivity index (χ3v) is 5.38. The van der Waals surface area contributed by atoms with Crippen LogP contribution < -0.4 is 5.73 Å². The minimum Gasteiger partial charge on any atom is -0.369 e. The molecule has 0 bridgehead atoms. The molecule has 3 rings (SSSR count). The number of nitrogens with zero attached hydrogens (tertiary/aromatic N) is 4. The maximum atomic E-state index is 12.9. The maximum absolute atomic E-state index is 12.9. The molecule has 1 aromatic carbocycles. The SMILES string of the molecule is N#Cc1cccc(CN2CCN(C(=O)[C@H]3CCCN(CC(N)=O)C3)CC2)c1. The number of carbonyl (C=O) groups excluding carboxylic acids is 2. The summed E-state index contributed by atoms with van der Waals surface area (Å²) in [5.41, 5.74) is 7.09. The fourth-order valence-electron chi connectivity index (χ4n) is 4.00. The van der Waals surface area contributed by atoms with E-state index >= 15 is 0 Å². The number of benzene rings is 1. The number of rotatable bonds is 5. The van der Waals surface area contributed by atoms with Gasteiger partial charge in [-0.05, 0) is 37.1 Å². The Morgan fingerprint density at radius 2 is 1.93 bits per heavy atom. The second-order valence-electron chi connectivity index (χ2n) is 7.45. The van der Waals surface area contributed by atoms with Crippen molar-refractivity contribution >= 4 is 11.8 Å². The van der Waals surface area contributed by atoms with Crippen molar-refractivity contribution in [1.29, 1.82) is 5.26 Å². The van der Waals surface area contributed by atoms with E-state index in [0.717, 1.165) is 57.7 Å². The van der Waals surface area contributed by atoms with Crippen molar-refractivity contribution in [2.24, 2.45) is 11.7 Å². The maximum Gasteiger partial charge on any atom is 0.231 e. The first-order chi connectivity index (χ1) is 13.0. The summed E-state index contributed by atoms with van der Waals surface area (Å²) in [5, 5.41) is 9.02. The van der Waals surface area contributed by atoms with Crippen molar-refractivity contribution in [3.63, 3.8) is 0 Å². The normalized spacial score (nSPS) is 21.6. The molecule has 2 aliphatic rings. The van der Waals surface area contributed by atoms with Gasteiger partial charge < -0.3 is 10.6 Å². The molecule has 2 heterocycles. The van der Waals surface area contributed by atoms with Crippen LogP contribution in [0, 0.1) is 17.2 Å². The molecule has 2 saturated heterocycles. The van der Waals surface area contributed by atoms with Gasteiger partial charge in [0, 0.05) is 39.3 Å². The highest BCUT2D eigenvalue weighted by molar-refractivity contribution is 5.80. The van der Waals surface area contributed by atoms with Crippen LogP contribution in [0.25, 0.3) is 0 Å². The predicted molar refractivity (Wildman–Crippen MR) is 101 cm³/mol. The molecule has 0 unspecified atom stereocenters. The van der Waals surface area contributed by atoms with Gasteiger partial charge in [0.1, 0.15) is 0 Å². The van der Waals surface area contributed by atoms with E-state index in [2.05, 4.69) is 11.0 Å². The molecule has 0 aromatic heterocycles.